The number of allylic oxidation sites excluding steroid dienone is 1. The topological polar surface area (TPSA) is 64.9 Å². The quantitative estimate of drug-likeness (QED) is 0.452. The number of nitrogens with one attached hydrogen (secondary N) is 1. The fraction of sp³-hybridized carbons (Fsp3) is 0.174. The molecule has 0 bridgehead atoms. The van der Waals surface area contributed by atoms with E-state index in [1.807, 2.05) is 30.3 Å². The van der Waals surface area contributed by atoms with Crippen LogP contribution in [0.3, 0.4) is 0 Å². The minimum absolute atomic E-state index is 0.520. The molecule has 6 nitrogen and oxygen atoms in total. The van der Waals surface area contributed by atoms with Gasteiger partial charge < -0.3 is 10.1 Å². The number of hydrogen-bond acceptors (Lipinski definition) is 5. The van der Waals surface area contributed by atoms with Gasteiger partial charge in [-0.15, -0.1) is 6.58 Å². The summed E-state index contributed by atoms with van der Waals surface area (Å²) in [5.74, 6) is 1.45. The molecule has 0 saturated heterocycles. The minimum Gasteiger partial charge on any atom is -0.489 e. The Kier molecular flexibility index (Phi) is 5.52. The van der Waals surface area contributed by atoms with Gasteiger partial charge in [0.2, 0.25) is 5.95 Å². The molecule has 3 aromatic carbocycles. The van der Waals surface area contributed by atoms with Gasteiger partial charge in [-0.2, -0.15) is 0 Å². The highest BCUT2D eigenvalue weighted by Gasteiger charge is 2.12. The zero-order valence-electron chi connectivity index (χ0n) is 16.4. The summed E-state index contributed by atoms with van der Waals surface area (Å²) in [7, 11) is 0. The van der Waals surface area contributed by atoms with Crippen LogP contribution >= 0.6 is 0 Å². The molecule has 6 heteroatoms. The van der Waals surface area contributed by atoms with Crippen LogP contribution in [0, 0.1) is 6.92 Å². The van der Waals surface area contributed by atoms with Gasteiger partial charge in [0.15, 0.2) is 0 Å². The van der Waals surface area contributed by atoms with Crippen LogP contribution in [0.15, 0.2) is 73.3 Å². The van der Waals surface area contributed by atoms with E-state index in [2.05, 4.69) is 64.7 Å². The first-order chi connectivity index (χ1) is 14.3. The number of benzene rings is 3. The zero-order valence-corrected chi connectivity index (χ0v) is 16.4. The summed E-state index contributed by atoms with van der Waals surface area (Å²) in [5, 5.41) is 17.4. The van der Waals surface area contributed by atoms with Crippen molar-refractivity contribution in [1.82, 2.24) is 20.2 Å². The highest BCUT2D eigenvalue weighted by atomic mass is 16.5. The second-order valence-electron chi connectivity index (χ2n) is 6.81. The summed E-state index contributed by atoms with van der Waals surface area (Å²) < 4.78 is 7.92. The first kappa shape index (κ1) is 18.7. The molecule has 146 valence electrons. The van der Waals surface area contributed by atoms with E-state index in [1.165, 1.54) is 16.5 Å². The smallest absolute Gasteiger partial charge is 0.243 e. The van der Waals surface area contributed by atoms with Gasteiger partial charge in [-0.05, 0) is 45.3 Å². The number of tetrazole rings is 1. The van der Waals surface area contributed by atoms with E-state index in [1.54, 1.807) is 10.8 Å². The van der Waals surface area contributed by atoms with Crippen molar-refractivity contribution < 1.29 is 4.74 Å². The van der Waals surface area contributed by atoms with Crippen LogP contribution in [0.25, 0.3) is 10.8 Å². The van der Waals surface area contributed by atoms with Crippen molar-refractivity contribution in [3.8, 4) is 5.75 Å². The lowest BCUT2D eigenvalue weighted by molar-refractivity contribution is 0.303. The number of hydrogen-bond donors (Lipinski definition) is 1. The predicted molar refractivity (Wildman–Crippen MR) is 115 cm³/mol. The van der Waals surface area contributed by atoms with Crippen molar-refractivity contribution in [2.75, 3.05) is 5.32 Å². The van der Waals surface area contributed by atoms with Crippen molar-refractivity contribution in [3.63, 3.8) is 0 Å². The highest BCUT2D eigenvalue weighted by molar-refractivity contribution is 5.88. The number of aryl methyl sites for hydroxylation is 1. The fourth-order valence-electron chi connectivity index (χ4n) is 3.31. The molecule has 0 amide bonds. The molecular formula is C23H23N5O. The number of nitrogens with zero attached hydrogens (tertiary/aromatic N) is 4. The van der Waals surface area contributed by atoms with Crippen molar-refractivity contribution in [2.45, 2.75) is 26.6 Å². The number of rotatable bonds is 8. The lowest BCUT2D eigenvalue weighted by Gasteiger charge is -2.16. The van der Waals surface area contributed by atoms with Crippen molar-refractivity contribution >= 4 is 16.7 Å². The Bertz CT molecular complexity index is 1140. The Morgan fingerprint density at radius 2 is 1.90 bits per heavy atom. The van der Waals surface area contributed by atoms with E-state index >= 15 is 0 Å². The van der Waals surface area contributed by atoms with Gasteiger partial charge in [-0.3, -0.25) is 0 Å². The number of fused-ring (bicyclic) bond motifs is 1. The summed E-state index contributed by atoms with van der Waals surface area (Å²) in [6.07, 6.45) is 1.76. The van der Waals surface area contributed by atoms with Crippen molar-refractivity contribution in [2.24, 2.45) is 0 Å². The molecule has 1 N–H and O–H groups in total. The van der Waals surface area contributed by atoms with E-state index in [0.29, 0.717) is 25.6 Å². The molecule has 0 unspecified atom stereocenters. The zero-order chi connectivity index (χ0) is 20.1. The van der Waals surface area contributed by atoms with E-state index in [4.69, 9.17) is 4.74 Å². The van der Waals surface area contributed by atoms with Gasteiger partial charge in [-0.25, -0.2) is 4.68 Å². The Balaban J connectivity index is 1.63. The average molecular weight is 385 g/mol. The summed E-state index contributed by atoms with van der Waals surface area (Å²) in [6, 6.07) is 20.7. The minimum atomic E-state index is 0.520. The molecule has 0 fully saturated rings. The third kappa shape index (κ3) is 4.11. The maximum atomic E-state index is 6.25. The number of aromatic nitrogens is 4. The Labute approximate surface area is 169 Å². The maximum absolute atomic E-state index is 6.25. The standard InChI is InChI=1S/C23H23N5O/c1-3-14-28-23(25-26-27-28)24-15-21-20-11-7-6-9-18(20)12-13-22(21)29-16-19-10-5-4-8-17(19)2/h3-13H,1,14-16H2,2H3,(H,24,25,27). The normalized spacial score (nSPS) is 10.8. The maximum Gasteiger partial charge on any atom is 0.243 e. The number of anilines is 1. The molecule has 0 radical (unpaired) electrons. The highest BCUT2D eigenvalue weighted by Crippen LogP contribution is 2.29. The lowest BCUT2D eigenvalue weighted by atomic mass is 10.0. The molecule has 4 aromatic rings. The van der Waals surface area contributed by atoms with Crippen molar-refractivity contribution in [3.05, 3.63) is 90.0 Å². The summed E-state index contributed by atoms with van der Waals surface area (Å²) in [5.41, 5.74) is 3.47. The summed E-state index contributed by atoms with van der Waals surface area (Å²) in [6.45, 7) is 7.45. The van der Waals surface area contributed by atoms with E-state index < -0.39 is 0 Å². The molecule has 0 atom stereocenters. The van der Waals surface area contributed by atoms with E-state index in [9.17, 15) is 0 Å². The largest absolute Gasteiger partial charge is 0.489 e. The summed E-state index contributed by atoms with van der Waals surface area (Å²) in [4.78, 5) is 0. The Morgan fingerprint density at radius 1 is 1.07 bits per heavy atom. The van der Waals surface area contributed by atoms with Gasteiger partial charge in [0.1, 0.15) is 12.4 Å². The summed E-state index contributed by atoms with van der Waals surface area (Å²) >= 11 is 0. The third-order valence-electron chi connectivity index (χ3n) is 4.90. The van der Waals surface area contributed by atoms with Gasteiger partial charge in [0.25, 0.3) is 0 Å². The predicted octanol–water partition coefficient (Wildman–Crippen LogP) is 4.51. The van der Waals surface area contributed by atoms with Gasteiger partial charge in [0.05, 0.1) is 6.54 Å². The molecule has 1 heterocycles. The second kappa shape index (κ2) is 8.56. The van der Waals surface area contributed by atoms with Crippen LogP contribution < -0.4 is 10.1 Å². The molecule has 0 aliphatic rings. The van der Waals surface area contributed by atoms with Crippen LogP contribution in [0.4, 0.5) is 5.95 Å². The first-order valence-electron chi connectivity index (χ1n) is 9.55. The van der Waals surface area contributed by atoms with Gasteiger partial charge >= 0.3 is 0 Å². The third-order valence-corrected chi connectivity index (χ3v) is 4.90. The second-order valence-corrected chi connectivity index (χ2v) is 6.81. The van der Waals surface area contributed by atoms with Crippen LogP contribution in [0.2, 0.25) is 0 Å². The SMILES string of the molecule is C=CCn1nnnc1NCc1c(OCc2ccccc2C)ccc2ccccc12. The molecule has 0 aliphatic carbocycles. The van der Waals surface area contributed by atoms with Gasteiger partial charge in [-0.1, -0.05) is 65.8 Å². The molecule has 0 spiro atoms. The van der Waals surface area contributed by atoms with Gasteiger partial charge in [0, 0.05) is 12.1 Å². The lowest BCUT2D eigenvalue weighted by Crippen LogP contribution is -2.10. The van der Waals surface area contributed by atoms with E-state index in [-0.39, 0.29) is 0 Å². The first-order valence-corrected chi connectivity index (χ1v) is 9.55. The molecule has 1 aromatic heterocycles. The van der Waals surface area contributed by atoms with Crippen LogP contribution in [0.5, 0.6) is 5.75 Å². The number of ether oxygens (including phenoxy) is 1. The van der Waals surface area contributed by atoms with Crippen LogP contribution in [-0.2, 0) is 19.7 Å². The Morgan fingerprint density at radius 3 is 2.76 bits per heavy atom. The Hall–Kier alpha value is -3.67. The fourth-order valence-corrected chi connectivity index (χ4v) is 3.31. The monoisotopic (exact) mass is 385 g/mol. The molecular weight excluding hydrogens is 362 g/mol. The molecule has 0 saturated carbocycles. The van der Waals surface area contributed by atoms with Crippen LogP contribution in [0.1, 0.15) is 16.7 Å². The van der Waals surface area contributed by atoms with Crippen molar-refractivity contribution in [1.29, 1.82) is 0 Å². The average Bonchev–Trinajstić information content (AvgIpc) is 3.19. The van der Waals surface area contributed by atoms with Crippen LogP contribution in [-0.4, -0.2) is 20.2 Å². The molecule has 0 aliphatic heterocycles. The van der Waals surface area contributed by atoms with E-state index in [0.717, 1.165) is 16.7 Å². The molecule has 29 heavy (non-hydrogen) atoms. The molecule has 4 rings (SSSR count).